The van der Waals surface area contributed by atoms with Gasteiger partial charge in [0.25, 0.3) is 0 Å². The van der Waals surface area contributed by atoms with Crippen LogP contribution in [0.15, 0.2) is 24.3 Å². The molecule has 1 nitrogen and oxygen atoms in total. The van der Waals surface area contributed by atoms with Gasteiger partial charge in [-0.25, -0.2) is 0 Å². The number of nitrogens with one attached hydrogen (secondary N) is 1. The molecule has 0 radical (unpaired) electrons. The van der Waals surface area contributed by atoms with E-state index in [-0.39, 0.29) is 0 Å². The molecule has 2 rings (SSSR count). The summed E-state index contributed by atoms with van der Waals surface area (Å²) in [4.78, 5) is 0. The molecule has 1 N–H and O–H groups in total. The first-order valence-corrected chi connectivity index (χ1v) is 7.63. The van der Waals surface area contributed by atoms with E-state index >= 15 is 0 Å². The highest BCUT2D eigenvalue weighted by molar-refractivity contribution is 5.25. The van der Waals surface area contributed by atoms with Crippen LogP contribution in [0.4, 0.5) is 0 Å². The molecule has 0 bridgehead atoms. The molecular formula is C17H27N. The van der Waals surface area contributed by atoms with Crippen molar-refractivity contribution in [1.82, 2.24) is 5.32 Å². The Morgan fingerprint density at radius 2 is 1.44 bits per heavy atom. The second-order valence-electron chi connectivity index (χ2n) is 5.67. The number of benzene rings is 1. The van der Waals surface area contributed by atoms with Gasteiger partial charge >= 0.3 is 0 Å². The Bertz CT molecular complexity index is 318. The van der Waals surface area contributed by atoms with E-state index in [1.54, 1.807) is 5.56 Å². The van der Waals surface area contributed by atoms with Crippen molar-refractivity contribution in [2.75, 3.05) is 7.05 Å². The first kappa shape index (κ1) is 13.6. The summed E-state index contributed by atoms with van der Waals surface area (Å²) >= 11 is 0. The van der Waals surface area contributed by atoms with Crippen molar-refractivity contribution in [1.29, 1.82) is 0 Å². The molecular weight excluding hydrogens is 218 g/mol. The van der Waals surface area contributed by atoms with Crippen molar-refractivity contribution in [3.8, 4) is 0 Å². The lowest BCUT2D eigenvalue weighted by Crippen LogP contribution is -2.05. The Kier molecular flexibility index (Phi) is 5.73. The zero-order valence-corrected chi connectivity index (χ0v) is 11.8. The van der Waals surface area contributed by atoms with E-state index in [9.17, 15) is 0 Å². The van der Waals surface area contributed by atoms with Crippen molar-refractivity contribution in [2.24, 2.45) is 0 Å². The smallest absolute Gasteiger partial charge is 0.0202 e. The van der Waals surface area contributed by atoms with Crippen LogP contribution in [0.5, 0.6) is 0 Å². The second-order valence-corrected chi connectivity index (χ2v) is 5.67. The molecule has 0 aromatic heterocycles. The average molecular weight is 245 g/mol. The largest absolute Gasteiger partial charge is 0.316 e. The van der Waals surface area contributed by atoms with Gasteiger partial charge in [-0.15, -0.1) is 0 Å². The minimum atomic E-state index is 0.812. The highest BCUT2D eigenvalue weighted by Crippen LogP contribution is 2.30. The molecule has 100 valence electrons. The third kappa shape index (κ3) is 4.13. The predicted molar refractivity (Wildman–Crippen MR) is 78.9 cm³/mol. The normalized spacial score (nSPS) is 18.9. The predicted octanol–water partition coefficient (Wildman–Crippen LogP) is 4.62. The van der Waals surface area contributed by atoms with E-state index in [4.69, 9.17) is 0 Å². The third-order valence-electron chi connectivity index (χ3n) is 4.19. The van der Waals surface area contributed by atoms with Crippen molar-refractivity contribution >= 4 is 0 Å². The van der Waals surface area contributed by atoms with Crippen molar-refractivity contribution in [2.45, 2.75) is 63.8 Å². The maximum absolute atomic E-state index is 3.21. The summed E-state index contributed by atoms with van der Waals surface area (Å²) < 4.78 is 0. The van der Waals surface area contributed by atoms with E-state index in [0.29, 0.717) is 0 Å². The van der Waals surface area contributed by atoms with Crippen LogP contribution in [0.25, 0.3) is 0 Å². The van der Waals surface area contributed by atoms with Crippen molar-refractivity contribution in [3.63, 3.8) is 0 Å². The molecule has 1 saturated carbocycles. The molecule has 1 heteroatoms. The first-order chi connectivity index (χ1) is 8.90. The summed E-state index contributed by atoms with van der Waals surface area (Å²) in [6.45, 7) is 0.977. The molecule has 1 aromatic rings. The lowest BCUT2D eigenvalue weighted by molar-refractivity contribution is 0.539. The van der Waals surface area contributed by atoms with E-state index in [1.807, 2.05) is 7.05 Å². The topological polar surface area (TPSA) is 12.0 Å². The average Bonchev–Trinajstić information content (AvgIpc) is 2.53. The van der Waals surface area contributed by atoms with Crippen LogP contribution >= 0.6 is 0 Å². The van der Waals surface area contributed by atoms with Gasteiger partial charge in [-0.05, 0) is 36.9 Å². The number of hydrogen-bond donors (Lipinski definition) is 1. The zero-order valence-electron chi connectivity index (χ0n) is 11.8. The standard InChI is InChI=1S/C17H27N/c1-18-14-15-10-12-17(13-11-15)16-8-6-4-2-3-5-7-9-16/h10-13,16,18H,2-9,14H2,1H3. The summed E-state index contributed by atoms with van der Waals surface area (Å²) in [6, 6.07) is 9.29. The van der Waals surface area contributed by atoms with Crippen LogP contribution in [0.3, 0.4) is 0 Å². The number of hydrogen-bond acceptors (Lipinski definition) is 1. The molecule has 0 amide bonds. The Morgan fingerprint density at radius 1 is 0.889 bits per heavy atom. The quantitative estimate of drug-likeness (QED) is 0.819. The maximum Gasteiger partial charge on any atom is 0.0202 e. The van der Waals surface area contributed by atoms with Gasteiger partial charge in [-0.3, -0.25) is 0 Å². The van der Waals surface area contributed by atoms with E-state index < -0.39 is 0 Å². The van der Waals surface area contributed by atoms with E-state index in [0.717, 1.165) is 12.5 Å². The van der Waals surface area contributed by atoms with Gasteiger partial charge < -0.3 is 5.32 Å². The molecule has 0 unspecified atom stereocenters. The van der Waals surface area contributed by atoms with Gasteiger partial charge in [-0.1, -0.05) is 62.8 Å². The fourth-order valence-electron chi connectivity index (χ4n) is 3.08. The molecule has 0 atom stereocenters. The van der Waals surface area contributed by atoms with Crippen LogP contribution < -0.4 is 5.32 Å². The van der Waals surface area contributed by atoms with Gasteiger partial charge in [0.2, 0.25) is 0 Å². The van der Waals surface area contributed by atoms with Crippen molar-refractivity contribution < 1.29 is 0 Å². The van der Waals surface area contributed by atoms with Gasteiger partial charge in [0.1, 0.15) is 0 Å². The summed E-state index contributed by atoms with van der Waals surface area (Å²) in [6.07, 6.45) is 11.4. The Hall–Kier alpha value is -0.820. The van der Waals surface area contributed by atoms with E-state index in [2.05, 4.69) is 29.6 Å². The summed E-state index contributed by atoms with van der Waals surface area (Å²) in [5.74, 6) is 0.812. The van der Waals surface area contributed by atoms with Gasteiger partial charge in [-0.2, -0.15) is 0 Å². The molecule has 1 aromatic carbocycles. The molecule has 0 spiro atoms. The maximum atomic E-state index is 3.21. The Morgan fingerprint density at radius 3 is 2.00 bits per heavy atom. The van der Waals surface area contributed by atoms with Gasteiger partial charge in [0.05, 0.1) is 0 Å². The lowest BCUT2D eigenvalue weighted by atomic mass is 9.89. The molecule has 0 saturated heterocycles. The fraction of sp³-hybridized carbons (Fsp3) is 0.647. The number of rotatable bonds is 3. The molecule has 18 heavy (non-hydrogen) atoms. The summed E-state index contributed by atoms with van der Waals surface area (Å²) in [5.41, 5.74) is 2.96. The van der Waals surface area contributed by atoms with Gasteiger partial charge in [0, 0.05) is 6.54 Å². The van der Waals surface area contributed by atoms with Crippen LogP contribution in [-0.2, 0) is 6.54 Å². The van der Waals surface area contributed by atoms with Crippen LogP contribution in [0.2, 0.25) is 0 Å². The second kappa shape index (κ2) is 7.58. The highest BCUT2D eigenvalue weighted by atomic mass is 14.8. The minimum Gasteiger partial charge on any atom is -0.316 e. The van der Waals surface area contributed by atoms with Crippen LogP contribution in [-0.4, -0.2) is 7.05 Å². The van der Waals surface area contributed by atoms with E-state index in [1.165, 1.54) is 56.9 Å². The summed E-state index contributed by atoms with van der Waals surface area (Å²) in [5, 5.41) is 3.21. The Labute approximate surface area is 112 Å². The third-order valence-corrected chi connectivity index (χ3v) is 4.19. The van der Waals surface area contributed by atoms with Crippen LogP contribution in [0, 0.1) is 0 Å². The molecule has 1 aliphatic rings. The first-order valence-electron chi connectivity index (χ1n) is 7.63. The molecule has 0 heterocycles. The monoisotopic (exact) mass is 245 g/mol. The molecule has 1 fully saturated rings. The molecule has 1 aliphatic carbocycles. The Balaban J connectivity index is 1.98. The fourth-order valence-corrected chi connectivity index (χ4v) is 3.08. The minimum absolute atomic E-state index is 0.812. The van der Waals surface area contributed by atoms with Crippen molar-refractivity contribution in [3.05, 3.63) is 35.4 Å². The zero-order chi connectivity index (χ0) is 12.6. The SMILES string of the molecule is CNCc1ccc(C2CCCCCCCC2)cc1. The summed E-state index contributed by atoms with van der Waals surface area (Å²) in [7, 11) is 2.01. The lowest BCUT2D eigenvalue weighted by Gasteiger charge is -2.16. The molecule has 0 aliphatic heterocycles. The van der Waals surface area contributed by atoms with Crippen LogP contribution in [0.1, 0.15) is 68.4 Å². The highest BCUT2D eigenvalue weighted by Gasteiger charge is 2.12. The van der Waals surface area contributed by atoms with Gasteiger partial charge in [0.15, 0.2) is 0 Å².